The Balaban J connectivity index is 0.00000441. The fraction of sp³-hybridized carbons (Fsp3) is 0.562. The van der Waals surface area contributed by atoms with Gasteiger partial charge >= 0.3 is 5.97 Å². The Morgan fingerprint density at radius 2 is 1.73 bits per heavy atom. The molecule has 0 radical (unpaired) electrons. The lowest BCUT2D eigenvalue weighted by atomic mass is 10.1. The van der Waals surface area contributed by atoms with E-state index in [0.717, 1.165) is 11.3 Å². The Bertz CT molecular complexity index is 483. The third kappa shape index (κ3) is 5.63. The summed E-state index contributed by atoms with van der Waals surface area (Å²) in [6.07, 6.45) is 0.180. The highest BCUT2D eigenvalue weighted by molar-refractivity contribution is 6.74. The molecule has 0 aliphatic carbocycles. The quantitative estimate of drug-likeness (QED) is 0.645. The predicted molar refractivity (Wildman–Crippen MR) is 95.1 cm³/mol. The normalized spacial score (nSPS) is 13.0. The molecule has 1 atom stereocenters. The van der Waals surface area contributed by atoms with E-state index < -0.39 is 8.32 Å². The number of hydrogen-bond donors (Lipinski definition) is 1. The average Bonchev–Trinajstić information content (AvgIpc) is 2.37. The van der Waals surface area contributed by atoms with Gasteiger partial charge < -0.3 is 14.9 Å². The van der Waals surface area contributed by atoms with Gasteiger partial charge in [-0.1, -0.05) is 32.9 Å². The van der Waals surface area contributed by atoms with Crippen molar-refractivity contribution in [3.8, 4) is 5.75 Å². The topological polar surface area (TPSA) is 61.5 Å². The summed E-state index contributed by atoms with van der Waals surface area (Å²) < 4.78 is 10.8. The van der Waals surface area contributed by atoms with E-state index in [1.54, 1.807) is 0 Å². The minimum atomic E-state index is -1.83. The number of carbonyl (C=O) groups is 1. The lowest BCUT2D eigenvalue weighted by molar-refractivity contribution is -0.141. The summed E-state index contributed by atoms with van der Waals surface area (Å²) in [6, 6.07) is 7.32. The first-order valence-electron chi connectivity index (χ1n) is 7.18. The maximum atomic E-state index is 11.2. The highest BCUT2D eigenvalue weighted by Crippen LogP contribution is 2.37. The molecule has 22 heavy (non-hydrogen) atoms. The van der Waals surface area contributed by atoms with Crippen molar-refractivity contribution in [3.05, 3.63) is 29.8 Å². The Kier molecular flexibility index (Phi) is 7.61. The molecule has 0 spiro atoms. The molecule has 0 aliphatic rings. The third-order valence-electron chi connectivity index (χ3n) is 4.10. The molecule has 0 heterocycles. The summed E-state index contributed by atoms with van der Waals surface area (Å²) in [4.78, 5) is 11.2. The van der Waals surface area contributed by atoms with Crippen LogP contribution in [0.5, 0.6) is 5.75 Å². The number of carbonyl (C=O) groups excluding carboxylic acids is 1. The zero-order valence-electron chi connectivity index (χ0n) is 14.3. The molecule has 0 aromatic heterocycles. The second-order valence-electron chi connectivity index (χ2n) is 6.82. The zero-order valence-corrected chi connectivity index (χ0v) is 16.1. The van der Waals surface area contributed by atoms with Crippen LogP contribution in [0.3, 0.4) is 0 Å². The van der Waals surface area contributed by atoms with Crippen molar-refractivity contribution in [2.45, 2.75) is 51.4 Å². The van der Waals surface area contributed by atoms with Crippen LogP contribution in [-0.4, -0.2) is 21.4 Å². The number of ether oxygens (including phenoxy) is 1. The van der Waals surface area contributed by atoms with Gasteiger partial charge in [-0.2, -0.15) is 0 Å². The largest absolute Gasteiger partial charge is 0.544 e. The van der Waals surface area contributed by atoms with Gasteiger partial charge in [-0.15, -0.1) is 12.4 Å². The van der Waals surface area contributed by atoms with Crippen molar-refractivity contribution in [2.75, 3.05) is 7.11 Å². The van der Waals surface area contributed by atoms with Gasteiger partial charge in [-0.25, -0.2) is 0 Å². The second kappa shape index (κ2) is 7.99. The van der Waals surface area contributed by atoms with E-state index in [1.165, 1.54) is 7.11 Å². The first kappa shape index (κ1) is 21.0. The Hall–Kier alpha value is -1.04. The number of methoxy groups -OCH3 is 1. The Morgan fingerprint density at radius 1 is 1.23 bits per heavy atom. The molecular formula is C16H28ClNO3Si. The number of halogens is 1. The summed E-state index contributed by atoms with van der Waals surface area (Å²) in [5.41, 5.74) is 6.89. The van der Waals surface area contributed by atoms with Crippen molar-refractivity contribution in [1.29, 1.82) is 0 Å². The monoisotopic (exact) mass is 345 g/mol. The fourth-order valence-electron chi connectivity index (χ4n) is 1.61. The van der Waals surface area contributed by atoms with Crippen molar-refractivity contribution >= 4 is 26.7 Å². The number of rotatable bonds is 5. The maximum absolute atomic E-state index is 11.2. The number of esters is 1. The van der Waals surface area contributed by atoms with Crippen molar-refractivity contribution in [3.63, 3.8) is 0 Å². The van der Waals surface area contributed by atoms with E-state index in [4.69, 9.17) is 10.2 Å². The molecule has 1 rings (SSSR count). The smallest absolute Gasteiger partial charge is 0.307 e. The van der Waals surface area contributed by atoms with Crippen LogP contribution in [0.15, 0.2) is 24.3 Å². The lowest BCUT2D eigenvalue weighted by Crippen LogP contribution is -2.43. The van der Waals surface area contributed by atoms with E-state index in [0.29, 0.717) is 0 Å². The van der Waals surface area contributed by atoms with E-state index in [9.17, 15) is 4.79 Å². The third-order valence-corrected chi connectivity index (χ3v) is 8.46. The first-order valence-corrected chi connectivity index (χ1v) is 10.1. The Morgan fingerprint density at radius 3 is 2.14 bits per heavy atom. The van der Waals surface area contributed by atoms with Crippen LogP contribution in [0.1, 0.15) is 38.8 Å². The molecule has 0 unspecified atom stereocenters. The van der Waals surface area contributed by atoms with Crippen molar-refractivity contribution in [2.24, 2.45) is 5.73 Å². The standard InChI is InChI=1S/C16H27NO3Si.ClH/c1-16(2,3)21(5,6)20-13-9-7-12(8-10-13)14(17)11-15(18)19-4;/h7-10,14H,11,17H2,1-6H3;1H/t14-;/m1./s1. The molecule has 2 N–H and O–H groups in total. The van der Waals surface area contributed by atoms with Gasteiger partial charge in [0.05, 0.1) is 13.5 Å². The van der Waals surface area contributed by atoms with E-state index in [-0.39, 0.29) is 35.9 Å². The molecule has 0 amide bonds. The SMILES string of the molecule is COC(=O)C[C@@H](N)c1ccc(O[Si](C)(C)C(C)(C)C)cc1.Cl. The van der Waals surface area contributed by atoms with Crippen LogP contribution in [0, 0.1) is 0 Å². The molecule has 0 bridgehead atoms. The van der Waals surface area contributed by atoms with Crippen LogP contribution >= 0.6 is 12.4 Å². The molecule has 6 heteroatoms. The minimum absolute atomic E-state index is 0. The molecule has 1 aromatic carbocycles. The summed E-state index contributed by atoms with van der Waals surface area (Å²) in [5, 5.41) is 0.160. The molecule has 126 valence electrons. The molecule has 0 fully saturated rings. The van der Waals surface area contributed by atoms with E-state index in [1.807, 2.05) is 24.3 Å². The van der Waals surface area contributed by atoms with Crippen LogP contribution in [-0.2, 0) is 9.53 Å². The summed E-state index contributed by atoms with van der Waals surface area (Å²) in [6.45, 7) is 11.0. The molecule has 1 aromatic rings. The second-order valence-corrected chi connectivity index (χ2v) is 11.5. The average molecular weight is 346 g/mol. The van der Waals surface area contributed by atoms with Gasteiger partial charge in [0.1, 0.15) is 5.75 Å². The zero-order chi connectivity index (χ0) is 16.3. The van der Waals surface area contributed by atoms with Crippen molar-refractivity contribution < 1.29 is 14.0 Å². The van der Waals surface area contributed by atoms with Gasteiger partial charge in [0.2, 0.25) is 8.32 Å². The molecule has 0 saturated heterocycles. The molecular weight excluding hydrogens is 318 g/mol. The van der Waals surface area contributed by atoms with Crippen LogP contribution < -0.4 is 10.2 Å². The van der Waals surface area contributed by atoms with Crippen LogP contribution in [0.25, 0.3) is 0 Å². The molecule has 0 aliphatic heterocycles. The number of nitrogens with two attached hydrogens (primary N) is 1. The summed E-state index contributed by atoms with van der Waals surface area (Å²) >= 11 is 0. The first-order chi connectivity index (χ1) is 9.56. The maximum Gasteiger partial charge on any atom is 0.307 e. The predicted octanol–water partition coefficient (Wildman–Crippen LogP) is 4.06. The van der Waals surface area contributed by atoms with Gasteiger partial charge in [0.15, 0.2) is 0 Å². The summed E-state index contributed by atoms with van der Waals surface area (Å²) in [7, 11) is -0.461. The highest BCUT2D eigenvalue weighted by atomic mass is 35.5. The molecule has 4 nitrogen and oxygen atoms in total. The molecule has 0 saturated carbocycles. The van der Waals surface area contributed by atoms with Gasteiger partial charge in [-0.3, -0.25) is 4.79 Å². The lowest BCUT2D eigenvalue weighted by Gasteiger charge is -2.36. The van der Waals surface area contributed by atoms with Gasteiger partial charge in [0, 0.05) is 6.04 Å². The highest BCUT2D eigenvalue weighted by Gasteiger charge is 2.38. The van der Waals surface area contributed by atoms with E-state index in [2.05, 4.69) is 38.6 Å². The van der Waals surface area contributed by atoms with Gasteiger partial charge in [-0.05, 0) is 35.8 Å². The number of benzene rings is 1. The minimum Gasteiger partial charge on any atom is -0.544 e. The Labute approximate surface area is 140 Å². The fourth-order valence-corrected chi connectivity index (χ4v) is 2.64. The van der Waals surface area contributed by atoms with Gasteiger partial charge in [0.25, 0.3) is 0 Å². The number of hydrogen-bond acceptors (Lipinski definition) is 4. The van der Waals surface area contributed by atoms with Crippen molar-refractivity contribution in [1.82, 2.24) is 0 Å². The summed E-state index contributed by atoms with van der Waals surface area (Å²) in [5.74, 6) is 0.555. The van der Waals surface area contributed by atoms with Crippen LogP contribution in [0.4, 0.5) is 0 Å². The van der Waals surface area contributed by atoms with E-state index >= 15 is 0 Å². The van der Waals surface area contributed by atoms with Crippen LogP contribution in [0.2, 0.25) is 18.1 Å².